The van der Waals surface area contributed by atoms with E-state index >= 15 is 0 Å². The first-order chi connectivity index (χ1) is 8.13. The van der Waals surface area contributed by atoms with Gasteiger partial charge in [0.15, 0.2) is 0 Å². The molecule has 0 radical (unpaired) electrons. The maximum Gasteiger partial charge on any atom is 0.230 e. The zero-order valence-corrected chi connectivity index (χ0v) is 10.9. The van der Waals surface area contributed by atoms with Crippen molar-refractivity contribution in [2.24, 2.45) is 5.92 Å². The number of carbonyl (C=O) groups excluding carboxylic acids is 1. The number of nitrogens with zero attached hydrogens (tertiary/aromatic N) is 1. The predicted molar refractivity (Wildman–Crippen MR) is 68.8 cm³/mol. The number of amides is 1. The summed E-state index contributed by atoms with van der Waals surface area (Å²) in [4.78, 5) is 16.6. The lowest BCUT2D eigenvalue weighted by atomic mass is 10.1. The van der Waals surface area contributed by atoms with E-state index in [-0.39, 0.29) is 24.5 Å². The lowest BCUT2D eigenvalue weighted by molar-refractivity contribution is -0.119. The molecule has 5 heteroatoms. The summed E-state index contributed by atoms with van der Waals surface area (Å²) in [5, 5.41) is 11.9. The molecule has 0 aliphatic carbocycles. The quantitative estimate of drug-likeness (QED) is 0.751. The number of nitrogens with one attached hydrogen (secondary N) is 1. The third-order valence-electron chi connectivity index (χ3n) is 2.37. The molecule has 0 aliphatic heterocycles. The van der Waals surface area contributed by atoms with Crippen LogP contribution in [-0.4, -0.2) is 34.4 Å². The van der Waals surface area contributed by atoms with Gasteiger partial charge in [0, 0.05) is 17.3 Å². The van der Waals surface area contributed by atoms with Gasteiger partial charge in [-0.1, -0.05) is 13.8 Å². The lowest BCUT2D eigenvalue weighted by Crippen LogP contribution is -2.41. The predicted octanol–water partition coefficient (Wildman–Crippen LogP) is 1.31. The number of rotatable bonds is 6. The van der Waals surface area contributed by atoms with E-state index in [4.69, 9.17) is 5.11 Å². The summed E-state index contributed by atoms with van der Waals surface area (Å²) in [7, 11) is 0. The molecule has 0 unspecified atom stereocenters. The molecule has 0 saturated heterocycles. The molecule has 0 aliphatic rings. The highest BCUT2D eigenvalue weighted by atomic mass is 32.2. The highest BCUT2D eigenvalue weighted by Crippen LogP contribution is 2.15. The molecule has 0 bridgehead atoms. The summed E-state index contributed by atoms with van der Waals surface area (Å²) < 4.78 is 0. The van der Waals surface area contributed by atoms with Crippen molar-refractivity contribution in [3.8, 4) is 0 Å². The van der Waals surface area contributed by atoms with Crippen LogP contribution in [0.3, 0.4) is 0 Å². The van der Waals surface area contributed by atoms with Gasteiger partial charge in [-0.3, -0.25) is 9.78 Å². The average molecular weight is 254 g/mol. The van der Waals surface area contributed by atoms with Gasteiger partial charge in [0.25, 0.3) is 0 Å². The second-order valence-corrected chi connectivity index (χ2v) is 5.12. The molecular weight excluding hydrogens is 236 g/mol. The first-order valence-corrected chi connectivity index (χ1v) is 6.55. The van der Waals surface area contributed by atoms with Crippen molar-refractivity contribution >= 4 is 17.7 Å². The Morgan fingerprint density at radius 1 is 1.47 bits per heavy atom. The van der Waals surface area contributed by atoms with E-state index in [1.54, 1.807) is 12.4 Å². The molecule has 1 rings (SSSR count). The van der Waals surface area contributed by atoms with Crippen LogP contribution in [0.2, 0.25) is 0 Å². The summed E-state index contributed by atoms with van der Waals surface area (Å²) >= 11 is 1.46. The molecule has 2 N–H and O–H groups in total. The number of aliphatic hydroxyl groups excluding tert-OH is 1. The Labute approximate surface area is 106 Å². The van der Waals surface area contributed by atoms with Crippen LogP contribution in [0.5, 0.6) is 0 Å². The first kappa shape index (κ1) is 14.0. The topological polar surface area (TPSA) is 62.2 Å². The van der Waals surface area contributed by atoms with E-state index in [2.05, 4.69) is 10.3 Å². The maximum absolute atomic E-state index is 11.6. The molecule has 4 nitrogen and oxygen atoms in total. The second-order valence-electron chi connectivity index (χ2n) is 4.07. The van der Waals surface area contributed by atoms with Crippen LogP contribution in [0, 0.1) is 5.92 Å². The Kier molecular flexibility index (Phi) is 6.00. The van der Waals surface area contributed by atoms with Crippen LogP contribution >= 0.6 is 11.8 Å². The largest absolute Gasteiger partial charge is 0.394 e. The standard InChI is InChI=1S/C12H18N2O2S/c1-9(2)11(7-15)14-12(16)8-17-10-3-5-13-6-4-10/h3-6,9,11,15H,7-8H2,1-2H3,(H,14,16)/t11-/m1/s1. The van der Waals surface area contributed by atoms with Crippen LogP contribution in [-0.2, 0) is 4.79 Å². The van der Waals surface area contributed by atoms with Gasteiger partial charge in [0.1, 0.15) is 0 Å². The van der Waals surface area contributed by atoms with Gasteiger partial charge in [0.05, 0.1) is 18.4 Å². The maximum atomic E-state index is 11.6. The molecule has 0 aromatic carbocycles. The minimum absolute atomic E-state index is 0.0245. The van der Waals surface area contributed by atoms with Gasteiger partial charge in [-0.15, -0.1) is 11.8 Å². The molecular formula is C12H18N2O2S. The third kappa shape index (κ3) is 5.19. The number of hydrogen-bond donors (Lipinski definition) is 2. The molecule has 1 heterocycles. The van der Waals surface area contributed by atoms with Gasteiger partial charge >= 0.3 is 0 Å². The third-order valence-corrected chi connectivity index (χ3v) is 3.38. The minimum Gasteiger partial charge on any atom is -0.394 e. The fraction of sp³-hybridized carbons (Fsp3) is 0.500. The Morgan fingerprint density at radius 3 is 2.65 bits per heavy atom. The van der Waals surface area contributed by atoms with Crippen molar-refractivity contribution in [2.75, 3.05) is 12.4 Å². The van der Waals surface area contributed by atoms with Gasteiger partial charge in [-0.05, 0) is 18.1 Å². The lowest BCUT2D eigenvalue weighted by Gasteiger charge is -2.19. The summed E-state index contributed by atoms with van der Waals surface area (Å²) in [6, 6.07) is 3.56. The summed E-state index contributed by atoms with van der Waals surface area (Å²) in [5.74, 6) is 0.530. The van der Waals surface area contributed by atoms with Crippen molar-refractivity contribution in [3.63, 3.8) is 0 Å². The summed E-state index contributed by atoms with van der Waals surface area (Å²) in [5.41, 5.74) is 0. The Morgan fingerprint density at radius 2 is 2.12 bits per heavy atom. The minimum atomic E-state index is -0.166. The molecule has 0 spiro atoms. The normalized spacial score (nSPS) is 12.5. The molecule has 1 amide bonds. The van der Waals surface area contributed by atoms with Crippen LogP contribution in [0.25, 0.3) is 0 Å². The monoisotopic (exact) mass is 254 g/mol. The van der Waals surface area contributed by atoms with Crippen molar-refractivity contribution in [1.29, 1.82) is 0 Å². The number of carbonyl (C=O) groups is 1. The first-order valence-electron chi connectivity index (χ1n) is 5.56. The second kappa shape index (κ2) is 7.29. The van der Waals surface area contributed by atoms with Crippen LogP contribution in [0.4, 0.5) is 0 Å². The van der Waals surface area contributed by atoms with E-state index in [0.29, 0.717) is 5.75 Å². The van der Waals surface area contributed by atoms with Gasteiger partial charge in [-0.25, -0.2) is 0 Å². The van der Waals surface area contributed by atoms with Crippen LogP contribution in [0.15, 0.2) is 29.4 Å². The van der Waals surface area contributed by atoms with E-state index < -0.39 is 0 Å². The molecule has 94 valence electrons. The number of thioether (sulfide) groups is 1. The van der Waals surface area contributed by atoms with Crippen molar-refractivity contribution in [1.82, 2.24) is 10.3 Å². The van der Waals surface area contributed by atoms with E-state index in [0.717, 1.165) is 4.90 Å². The van der Waals surface area contributed by atoms with Gasteiger partial charge in [-0.2, -0.15) is 0 Å². The average Bonchev–Trinajstić information content (AvgIpc) is 2.34. The van der Waals surface area contributed by atoms with Crippen LogP contribution < -0.4 is 5.32 Å². The summed E-state index contributed by atoms with van der Waals surface area (Å²) in [6.45, 7) is 3.91. The Hall–Kier alpha value is -1.07. The van der Waals surface area contributed by atoms with E-state index in [9.17, 15) is 4.79 Å². The zero-order valence-electron chi connectivity index (χ0n) is 10.1. The van der Waals surface area contributed by atoms with Gasteiger partial charge in [0.2, 0.25) is 5.91 Å². The van der Waals surface area contributed by atoms with Gasteiger partial charge < -0.3 is 10.4 Å². The SMILES string of the molecule is CC(C)[C@@H](CO)NC(=O)CSc1ccncc1. The number of aromatic nitrogens is 1. The molecule has 0 fully saturated rings. The molecule has 0 saturated carbocycles. The highest BCUT2D eigenvalue weighted by molar-refractivity contribution is 8.00. The zero-order chi connectivity index (χ0) is 12.7. The Bertz CT molecular complexity index is 344. The number of hydrogen-bond acceptors (Lipinski definition) is 4. The highest BCUT2D eigenvalue weighted by Gasteiger charge is 2.14. The molecule has 1 aromatic heterocycles. The number of aliphatic hydroxyl groups is 1. The van der Waals surface area contributed by atoms with E-state index in [1.165, 1.54) is 11.8 Å². The van der Waals surface area contributed by atoms with E-state index in [1.807, 2.05) is 26.0 Å². The smallest absolute Gasteiger partial charge is 0.230 e. The van der Waals surface area contributed by atoms with Crippen molar-refractivity contribution in [3.05, 3.63) is 24.5 Å². The Balaban J connectivity index is 2.35. The fourth-order valence-corrected chi connectivity index (χ4v) is 1.95. The van der Waals surface area contributed by atoms with Crippen LogP contribution in [0.1, 0.15) is 13.8 Å². The number of pyridine rings is 1. The summed E-state index contributed by atoms with van der Waals surface area (Å²) in [6.07, 6.45) is 3.40. The molecule has 1 atom stereocenters. The fourth-order valence-electron chi connectivity index (χ4n) is 1.25. The van der Waals surface area contributed by atoms with Crippen molar-refractivity contribution in [2.45, 2.75) is 24.8 Å². The molecule has 1 aromatic rings. The molecule has 17 heavy (non-hydrogen) atoms. The van der Waals surface area contributed by atoms with Crippen molar-refractivity contribution < 1.29 is 9.90 Å².